The minimum absolute atomic E-state index is 0.237. The first-order chi connectivity index (χ1) is 8.47. The largest absolute Gasteiger partial charge is 0.454 e. The van der Waals surface area contributed by atoms with Crippen LogP contribution in [0.25, 0.3) is 0 Å². The van der Waals surface area contributed by atoms with Crippen LogP contribution in [0.4, 0.5) is 0 Å². The van der Waals surface area contributed by atoms with Crippen LogP contribution in [0.2, 0.25) is 0 Å². The molecule has 1 aliphatic rings. The highest BCUT2D eigenvalue weighted by Crippen LogP contribution is 2.32. The number of benzene rings is 1. The number of carbonyl (C=O) groups excluding carboxylic acids is 1. The van der Waals surface area contributed by atoms with E-state index >= 15 is 0 Å². The minimum atomic E-state index is -1.25. The molecular formula is C11H13NO3. The zero-order valence-corrected chi connectivity index (χ0v) is 8.19. The van der Waals surface area contributed by atoms with Gasteiger partial charge in [-0.1, -0.05) is 0 Å². The van der Waals surface area contributed by atoms with Gasteiger partial charge in [0.15, 0.2) is 17.3 Å². The van der Waals surface area contributed by atoms with Crippen molar-refractivity contribution in [3.63, 3.8) is 0 Å². The zero-order valence-electron chi connectivity index (χ0n) is 11.2. The molecule has 1 N–H and O–H groups in total. The molecule has 1 aromatic rings. The van der Waals surface area contributed by atoms with Crippen LogP contribution in [0.5, 0.6) is 11.5 Å². The standard InChI is InChI=1S/C11H13NO3/c1-7(12-2)11(13)8-3-4-9-10(5-8)15-6-14-9/h3-5,7,12H,6H2,1-2H3/i2D2,6D. The molecule has 0 amide bonds. The molecule has 80 valence electrons. The quantitative estimate of drug-likeness (QED) is 0.762. The molecule has 0 radical (unpaired) electrons. The van der Waals surface area contributed by atoms with Gasteiger partial charge in [-0.05, 0) is 32.1 Å². The molecule has 0 aromatic heterocycles. The maximum absolute atomic E-state index is 12.0. The van der Waals surface area contributed by atoms with Crippen LogP contribution in [0.3, 0.4) is 0 Å². The molecule has 4 nitrogen and oxygen atoms in total. The van der Waals surface area contributed by atoms with Crippen LogP contribution in [0.15, 0.2) is 18.2 Å². The van der Waals surface area contributed by atoms with Gasteiger partial charge in [0.2, 0.25) is 6.77 Å². The number of ketones is 1. The number of hydrogen-bond donors (Lipinski definition) is 1. The van der Waals surface area contributed by atoms with E-state index in [1.54, 1.807) is 19.1 Å². The Balaban J connectivity index is 2.15. The Morgan fingerprint density at radius 1 is 1.60 bits per heavy atom. The third kappa shape index (κ3) is 1.80. The molecule has 2 rings (SSSR count). The van der Waals surface area contributed by atoms with Gasteiger partial charge in [-0.25, -0.2) is 0 Å². The van der Waals surface area contributed by atoms with Gasteiger partial charge in [0, 0.05) is 8.30 Å². The number of hydrogen-bond acceptors (Lipinski definition) is 4. The molecule has 0 fully saturated rings. The van der Waals surface area contributed by atoms with E-state index in [1.165, 1.54) is 6.07 Å². The van der Waals surface area contributed by atoms with E-state index in [2.05, 4.69) is 5.32 Å². The Morgan fingerprint density at radius 2 is 2.40 bits per heavy atom. The van der Waals surface area contributed by atoms with Gasteiger partial charge < -0.3 is 14.8 Å². The van der Waals surface area contributed by atoms with E-state index < -0.39 is 19.8 Å². The fourth-order valence-corrected chi connectivity index (χ4v) is 1.30. The maximum Gasteiger partial charge on any atom is 0.231 e. The summed E-state index contributed by atoms with van der Waals surface area (Å²) in [6.07, 6.45) is 0. The molecule has 0 bridgehead atoms. The van der Waals surface area contributed by atoms with Crippen LogP contribution in [-0.2, 0) is 0 Å². The minimum Gasteiger partial charge on any atom is -0.454 e. The second-order valence-corrected chi connectivity index (χ2v) is 3.25. The number of nitrogens with one attached hydrogen (secondary N) is 1. The number of likely N-dealkylation sites (N-methyl/N-ethyl adjacent to an activating group) is 1. The first kappa shape index (κ1) is 6.85. The summed E-state index contributed by atoms with van der Waals surface area (Å²) in [5.41, 5.74) is 0.395. The second-order valence-electron chi connectivity index (χ2n) is 3.25. The summed E-state index contributed by atoms with van der Waals surface area (Å²) >= 11 is 0. The zero-order chi connectivity index (χ0) is 13.3. The first-order valence-corrected chi connectivity index (χ1v) is 4.52. The van der Waals surface area contributed by atoms with E-state index in [-0.39, 0.29) is 5.78 Å². The van der Waals surface area contributed by atoms with Crippen molar-refractivity contribution in [2.45, 2.75) is 13.0 Å². The average molecular weight is 210 g/mol. The molecule has 1 aromatic carbocycles. The highest BCUT2D eigenvalue weighted by atomic mass is 16.7. The average Bonchev–Trinajstić information content (AvgIpc) is 2.65. The molecule has 4 heteroatoms. The fraction of sp³-hybridized carbons (Fsp3) is 0.364. The number of ether oxygens (including phenoxy) is 2. The highest BCUT2D eigenvalue weighted by Gasteiger charge is 2.18. The van der Waals surface area contributed by atoms with Crippen molar-refractivity contribution >= 4 is 5.78 Å². The molecule has 0 spiro atoms. The molecule has 2 atom stereocenters. The molecule has 0 aliphatic carbocycles. The van der Waals surface area contributed by atoms with Gasteiger partial charge in [0.05, 0.1) is 6.04 Å². The summed E-state index contributed by atoms with van der Waals surface area (Å²) in [6, 6.07) is 4.02. The topological polar surface area (TPSA) is 47.6 Å². The Bertz CT molecular complexity index is 467. The van der Waals surface area contributed by atoms with Gasteiger partial charge in [0.25, 0.3) is 0 Å². The van der Waals surface area contributed by atoms with Crippen molar-refractivity contribution in [1.82, 2.24) is 5.32 Å². The maximum atomic E-state index is 12.0. The van der Waals surface area contributed by atoms with E-state index in [0.717, 1.165) is 0 Å². The van der Waals surface area contributed by atoms with Crippen LogP contribution < -0.4 is 14.8 Å². The van der Waals surface area contributed by atoms with Gasteiger partial charge in [-0.2, -0.15) is 0 Å². The predicted octanol–water partition coefficient (Wildman–Crippen LogP) is 1.21. The van der Waals surface area contributed by atoms with Crippen LogP contribution in [-0.4, -0.2) is 25.6 Å². The smallest absolute Gasteiger partial charge is 0.231 e. The molecule has 1 aliphatic heterocycles. The fourth-order valence-electron chi connectivity index (χ4n) is 1.30. The predicted molar refractivity (Wildman–Crippen MR) is 55.4 cm³/mol. The molecular weight excluding hydrogens is 194 g/mol. The number of rotatable bonds is 3. The summed E-state index contributed by atoms with van der Waals surface area (Å²) in [6.45, 7) is -0.752. The monoisotopic (exact) mass is 210 g/mol. The van der Waals surface area contributed by atoms with Crippen molar-refractivity contribution in [2.24, 2.45) is 0 Å². The summed E-state index contributed by atoms with van der Waals surface area (Å²) < 4.78 is 31.5. The van der Waals surface area contributed by atoms with Crippen molar-refractivity contribution in [2.75, 3.05) is 13.8 Å². The molecule has 0 saturated heterocycles. The van der Waals surface area contributed by atoms with Gasteiger partial charge in [0.1, 0.15) is 1.37 Å². The second kappa shape index (κ2) is 3.90. The van der Waals surface area contributed by atoms with Crippen molar-refractivity contribution in [3.05, 3.63) is 23.8 Å². The van der Waals surface area contributed by atoms with Crippen molar-refractivity contribution < 1.29 is 18.4 Å². The van der Waals surface area contributed by atoms with E-state index in [9.17, 15) is 4.79 Å². The normalized spacial score (nSPS) is 23.1. The van der Waals surface area contributed by atoms with Gasteiger partial charge in [-0.3, -0.25) is 4.79 Å². The van der Waals surface area contributed by atoms with Gasteiger partial charge in [-0.15, -0.1) is 0 Å². The number of carbonyl (C=O) groups is 1. The molecule has 1 heterocycles. The number of fused-ring (bicyclic) bond motifs is 1. The lowest BCUT2D eigenvalue weighted by Gasteiger charge is -2.09. The summed E-state index contributed by atoms with van der Waals surface area (Å²) in [5.74, 6) is 0.562. The van der Waals surface area contributed by atoms with Crippen LogP contribution in [0.1, 0.15) is 21.4 Å². The lowest BCUT2D eigenvalue weighted by Crippen LogP contribution is -2.30. The van der Waals surface area contributed by atoms with Crippen LogP contribution in [0, 0.1) is 0 Å². The van der Waals surface area contributed by atoms with Crippen LogP contribution >= 0.6 is 0 Å². The SMILES string of the molecule is [2H]C([2H])NC(C)C(=O)c1ccc2c(c1)OC([2H])O2. The Labute approximate surface area is 92.4 Å². The Morgan fingerprint density at radius 3 is 3.20 bits per heavy atom. The summed E-state index contributed by atoms with van der Waals surface area (Å²) in [4.78, 5) is 12.0. The van der Waals surface area contributed by atoms with E-state index in [1.807, 2.05) is 0 Å². The Kier molecular flexibility index (Phi) is 1.78. The van der Waals surface area contributed by atoms with Crippen molar-refractivity contribution in [1.29, 1.82) is 0 Å². The highest BCUT2D eigenvalue weighted by molar-refractivity contribution is 6.00. The lowest BCUT2D eigenvalue weighted by molar-refractivity contribution is 0.0954. The third-order valence-electron chi connectivity index (χ3n) is 2.22. The molecule has 15 heavy (non-hydrogen) atoms. The third-order valence-corrected chi connectivity index (χ3v) is 2.22. The van der Waals surface area contributed by atoms with E-state index in [4.69, 9.17) is 13.6 Å². The molecule has 0 saturated carbocycles. The summed E-state index contributed by atoms with van der Waals surface area (Å²) in [7, 11) is 0. The molecule has 2 unspecified atom stereocenters. The number of Topliss-reactive ketones (excluding diaryl/α,β-unsaturated/α-hetero) is 1. The van der Waals surface area contributed by atoms with E-state index in [0.29, 0.717) is 17.1 Å². The van der Waals surface area contributed by atoms with Crippen molar-refractivity contribution in [3.8, 4) is 11.5 Å². The van der Waals surface area contributed by atoms with Gasteiger partial charge >= 0.3 is 0 Å². The first-order valence-electron chi connectivity index (χ1n) is 6.25. The lowest BCUT2D eigenvalue weighted by atomic mass is 10.1. The summed E-state index contributed by atoms with van der Waals surface area (Å²) in [5, 5.41) is 2.49. The Hall–Kier alpha value is -1.55.